The lowest BCUT2D eigenvalue weighted by Crippen LogP contribution is -2.09. The smallest absolute Gasteiger partial charge is 0.0541 e. The molecule has 0 N–H and O–H groups in total. The van der Waals surface area contributed by atoms with Gasteiger partial charge in [-0.15, -0.1) is 11.3 Å². The van der Waals surface area contributed by atoms with Crippen LogP contribution in [0.25, 0.3) is 103 Å². The van der Waals surface area contributed by atoms with Gasteiger partial charge in [-0.05, 0) is 128 Å². The summed E-state index contributed by atoms with van der Waals surface area (Å²) in [5.41, 5.74) is 14.0. The number of nitrogens with zero attached hydrogens (tertiary/aromatic N) is 2. The summed E-state index contributed by atoms with van der Waals surface area (Å²) >= 11 is 1.89. The Hall–Kier alpha value is -8.24. The molecule has 2 heterocycles. The minimum absolute atomic E-state index is 1.09. The molecule has 0 unspecified atom stereocenters. The Kier molecular flexibility index (Phi) is 8.75. The molecule has 304 valence electrons. The van der Waals surface area contributed by atoms with Crippen LogP contribution in [0.5, 0.6) is 0 Å². The van der Waals surface area contributed by atoms with Gasteiger partial charge in [-0.1, -0.05) is 170 Å². The van der Waals surface area contributed by atoms with Gasteiger partial charge in [0.05, 0.1) is 11.0 Å². The van der Waals surface area contributed by atoms with Crippen molar-refractivity contribution in [3.63, 3.8) is 0 Å². The first-order chi connectivity index (χ1) is 32.2. The van der Waals surface area contributed by atoms with Crippen molar-refractivity contribution in [2.75, 3.05) is 4.90 Å². The van der Waals surface area contributed by atoms with E-state index in [1.54, 1.807) is 0 Å². The lowest BCUT2D eigenvalue weighted by Gasteiger charge is -2.26. The van der Waals surface area contributed by atoms with E-state index in [4.69, 9.17) is 0 Å². The Morgan fingerprint density at radius 1 is 0.292 bits per heavy atom. The van der Waals surface area contributed by atoms with Gasteiger partial charge in [0.1, 0.15) is 0 Å². The molecule has 0 aliphatic carbocycles. The Balaban J connectivity index is 0.868. The highest BCUT2D eigenvalue weighted by Crippen LogP contribution is 2.42. The third-order valence-electron chi connectivity index (χ3n) is 13.2. The van der Waals surface area contributed by atoms with E-state index in [1.165, 1.54) is 96.9 Å². The summed E-state index contributed by atoms with van der Waals surface area (Å²) in [5.74, 6) is 0. The molecule has 3 heteroatoms. The Bertz CT molecular complexity index is 3880. The quantitative estimate of drug-likeness (QED) is 0.155. The first-order valence-corrected chi connectivity index (χ1v) is 23.0. The number of hydrogen-bond acceptors (Lipinski definition) is 2. The zero-order valence-electron chi connectivity index (χ0n) is 35.4. The average molecular weight is 845 g/mol. The number of hydrogen-bond donors (Lipinski definition) is 0. The standard InChI is InChI=1S/C62H40N2S/c1-2-12-46-38-48(21-20-41(46)10-1)43-24-32-51(33-25-43)63(52-34-26-44(27-35-52)49-29-36-57-58-37-28-45-11-3-4-15-54(45)62(58)65-61(57)40-49)50-30-22-42(23-31-50)47-13-9-14-53(39-47)64-59-18-7-5-16-55(59)56-17-6-8-19-60(56)64/h1-40H. The fourth-order valence-electron chi connectivity index (χ4n) is 9.93. The number of anilines is 3. The molecule has 2 nitrogen and oxygen atoms in total. The number of para-hydroxylation sites is 2. The van der Waals surface area contributed by atoms with Gasteiger partial charge in [0.2, 0.25) is 0 Å². The summed E-state index contributed by atoms with van der Waals surface area (Å²) in [6.45, 7) is 0. The summed E-state index contributed by atoms with van der Waals surface area (Å²) in [5, 5.41) is 10.3. The molecule has 0 saturated heterocycles. The van der Waals surface area contributed by atoms with Gasteiger partial charge in [-0.25, -0.2) is 0 Å². The van der Waals surface area contributed by atoms with E-state index in [1.807, 2.05) is 11.3 Å². The molecule has 0 aliphatic heterocycles. The fourth-order valence-corrected chi connectivity index (χ4v) is 11.2. The Labute approximate surface area is 381 Å². The minimum atomic E-state index is 1.09. The average Bonchev–Trinajstić information content (AvgIpc) is 3.93. The Morgan fingerprint density at radius 3 is 1.42 bits per heavy atom. The monoisotopic (exact) mass is 844 g/mol. The van der Waals surface area contributed by atoms with Gasteiger partial charge in [-0.2, -0.15) is 0 Å². The van der Waals surface area contributed by atoms with Crippen LogP contribution in [0.15, 0.2) is 243 Å². The van der Waals surface area contributed by atoms with Gasteiger partial charge >= 0.3 is 0 Å². The summed E-state index contributed by atoms with van der Waals surface area (Å²) in [6.07, 6.45) is 0. The van der Waals surface area contributed by atoms with Gasteiger partial charge in [0.15, 0.2) is 0 Å². The highest BCUT2D eigenvalue weighted by molar-refractivity contribution is 7.26. The molecular formula is C62H40N2S. The fraction of sp³-hybridized carbons (Fsp3) is 0. The maximum atomic E-state index is 2.39. The van der Waals surface area contributed by atoms with Crippen LogP contribution in [-0.4, -0.2) is 4.57 Å². The summed E-state index contributed by atoms with van der Waals surface area (Å²) < 4.78 is 5.05. The molecule has 0 atom stereocenters. The zero-order chi connectivity index (χ0) is 42.8. The summed E-state index contributed by atoms with van der Waals surface area (Å²) in [4.78, 5) is 2.37. The Morgan fingerprint density at radius 2 is 0.769 bits per heavy atom. The zero-order valence-corrected chi connectivity index (χ0v) is 36.2. The molecule has 0 fully saturated rings. The van der Waals surface area contributed by atoms with Gasteiger partial charge in [0, 0.05) is 53.7 Å². The molecule has 13 aromatic rings. The van der Waals surface area contributed by atoms with Crippen molar-refractivity contribution < 1.29 is 0 Å². The lowest BCUT2D eigenvalue weighted by atomic mass is 10.00. The van der Waals surface area contributed by atoms with Crippen molar-refractivity contribution in [1.29, 1.82) is 0 Å². The van der Waals surface area contributed by atoms with Crippen LogP contribution in [0.4, 0.5) is 17.1 Å². The summed E-state index contributed by atoms with van der Waals surface area (Å²) in [7, 11) is 0. The molecule has 0 saturated carbocycles. The van der Waals surface area contributed by atoms with E-state index in [2.05, 4.69) is 252 Å². The predicted molar refractivity (Wildman–Crippen MR) is 280 cm³/mol. The van der Waals surface area contributed by atoms with E-state index < -0.39 is 0 Å². The van der Waals surface area contributed by atoms with Crippen LogP contribution in [0.1, 0.15) is 0 Å². The van der Waals surface area contributed by atoms with Crippen molar-refractivity contribution in [1.82, 2.24) is 4.57 Å². The maximum Gasteiger partial charge on any atom is 0.0541 e. The minimum Gasteiger partial charge on any atom is -0.311 e. The molecular weight excluding hydrogens is 805 g/mol. The third kappa shape index (κ3) is 6.39. The topological polar surface area (TPSA) is 8.17 Å². The number of rotatable bonds is 7. The molecule has 0 radical (unpaired) electrons. The molecule has 0 amide bonds. The van der Waals surface area contributed by atoms with E-state index >= 15 is 0 Å². The molecule has 0 bridgehead atoms. The first kappa shape index (κ1) is 37.3. The van der Waals surface area contributed by atoms with Crippen LogP contribution < -0.4 is 4.90 Å². The van der Waals surface area contributed by atoms with Gasteiger partial charge < -0.3 is 9.47 Å². The largest absolute Gasteiger partial charge is 0.311 e. The van der Waals surface area contributed by atoms with E-state index in [9.17, 15) is 0 Å². The number of fused-ring (bicyclic) bond motifs is 9. The number of aromatic nitrogens is 1. The maximum absolute atomic E-state index is 2.39. The van der Waals surface area contributed by atoms with Crippen molar-refractivity contribution in [2.45, 2.75) is 0 Å². The van der Waals surface area contributed by atoms with E-state index in [0.717, 1.165) is 22.7 Å². The van der Waals surface area contributed by atoms with Crippen molar-refractivity contribution in [2.24, 2.45) is 0 Å². The van der Waals surface area contributed by atoms with Crippen LogP contribution >= 0.6 is 11.3 Å². The lowest BCUT2D eigenvalue weighted by molar-refractivity contribution is 1.18. The number of thiophene rings is 1. The SMILES string of the molecule is c1cc(-c2ccc(N(c3ccc(-c4ccc5ccccc5c4)cc3)c3ccc(-c4ccc5c(c4)sc4c6ccccc6ccc54)cc3)cc2)cc(-n2c3ccccc3c3ccccc32)c1. The van der Waals surface area contributed by atoms with E-state index in [-0.39, 0.29) is 0 Å². The van der Waals surface area contributed by atoms with Crippen LogP contribution in [0, 0.1) is 0 Å². The van der Waals surface area contributed by atoms with Crippen LogP contribution in [-0.2, 0) is 0 Å². The molecule has 0 spiro atoms. The molecule has 65 heavy (non-hydrogen) atoms. The van der Waals surface area contributed by atoms with Crippen molar-refractivity contribution >= 4 is 91.9 Å². The van der Waals surface area contributed by atoms with Gasteiger partial charge in [-0.3, -0.25) is 0 Å². The van der Waals surface area contributed by atoms with Crippen molar-refractivity contribution in [3.05, 3.63) is 243 Å². The second-order valence-corrected chi connectivity index (χ2v) is 18.0. The van der Waals surface area contributed by atoms with E-state index in [0.29, 0.717) is 0 Å². The van der Waals surface area contributed by atoms with Gasteiger partial charge in [0.25, 0.3) is 0 Å². The summed E-state index contributed by atoms with van der Waals surface area (Å²) in [6, 6.07) is 88.9. The second-order valence-electron chi connectivity index (χ2n) is 16.9. The van der Waals surface area contributed by atoms with Crippen LogP contribution in [0.2, 0.25) is 0 Å². The highest BCUT2D eigenvalue weighted by Gasteiger charge is 2.17. The normalized spacial score (nSPS) is 11.7. The first-order valence-electron chi connectivity index (χ1n) is 22.2. The second kappa shape index (κ2) is 15.2. The molecule has 2 aromatic heterocycles. The molecule has 11 aromatic carbocycles. The molecule has 13 rings (SSSR count). The third-order valence-corrected chi connectivity index (χ3v) is 14.4. The highest BCUT2D eigenvalue weighted by atomic mass is 32.1. The molecule has 0 aliphatic rings. The van der Waals surface area contributed by atoms with Crippen molar-refractivity contribution in [3.8, 4) is 39.1 Å². The number of benzene rings is 11. The predicted octanol–water partition coefficient (Wildman–Crippen LogP) is 17.9. The van der Waals surface area contributed by atoms with Crippen LogP contribution in [0.3, 0.4) is 0 Å².